The summed E-state index contributed by atoms with van der Waals surface area (Å²) in [4.78, 5) is 0. The van der Waals surface area contributed by atoms with Crippen molar-refractivity contribution in [3.8, 4) is 0 Å². The van der Waals surface area contributed by atoms with Gasteiger partial charge in [0.05, 0.1) is 0 Å². The maximum absolute atomic E-state index is 5.86. The molecule has 1 fully saturated rings. The first kappa shape index (κ1) is 13.0. The summed E-state index contributed by atoms with van der Waals surface area (Å²) in [6.07, 6.45) is 5.05. The SMILES string of the molecule is CC(C)CCOCCC(C)(CN)C1CC1. The Hall–Kier alpha value is -0.0800. The summed E-state index contributed by atoms with van der Waals surface area (Å²) in [6.45, 7) is 9.39. The number of hydrogen-bond acceptors (Lipinski definition) is 2. The highest BCUT2D eigenvalue weighted by Crippen LogP contribution is 2.46. The summed E-state index contributed by atoms with van der Waals surface area (Å²) in [5.74, 6) is 1.62. The largest absolute Gasteiger partial charge is 0.381 e. The van der Waals surface area contributed by atoms with Crippen LogP contribution >= 0.6 is 0 Å². The fourth-order valence-electron chi connectivity index (χ4n) is 1.98. The summed E-state index contributed by atoms with van der Waals surface area (Å²) in [7, 11) is 0. The molecule has 0 radical (unpaired) electrons. The van der Waals surface area contributed by atoms with Gasteiger partial charge >= 0.3 is 0 Å². The summed E-state index contributed by atoms with van der Waals surface area (Å²) in [6, 6.07) is 0. The van der Waals surface area contributed by atoms with Crippen LogP contribution < -0.4 is 5.73 Å². The van der Waals surface area contributed by atoms with Gasteiger partial charge < -0.3 is 10.5 Å². The molecular weight excluding hydrogens is 186 g/mol. The van der Waals surface area contributed by atoms with Crippen LogP contribution in [0.3, 0.4) is 0 Å². The summed E-state index contributed by atoms with van der Waals surface area (Å²) >= 11 is 0. The molecule has 2 N–H and O–H groups in total. The van der Waals surface area contributed by atoms with Crippen molar-refractivity contribution in [2.75, 3.05) is 19.8 Å². The first-order valence-electron chi connectivity index (χ1n) is 6.36. The van der Waals surface area contributed by atoms with Gasteiger partial charge in [-0.3, -0.25) is 0 Å². The van der Waals surface area contributed by atoms with Crippen molar-refractivity contribution in [3.63, 3.8) is 0 Å². The van der Waals surface area contributed by atoms with Crippen LogP contribution in [0.25, 0.3) is 0 Å². The van der Waals surface area contributed by atoms with Crippen molar-refractivity contribution in [3.05, 3.63) is 0 Å². The van der Waals surface area contributed by atoms with Crippen LogP contribution in [0.1, 0.15) is 46.5 Å². The van der Waals surface area contributed by atoms with Crippen LogP contribution in [0, 0.1) is 17.3 Å². The van der Waals surface area contributed by atoms with Crippen LogP contribution in [0.2, 0.25) is 0 Å². The molecule has 0 amide bonds. The highest BCUT2D eigenvalue weighted by molar-refractivity contribution is 4.91. The zero-order valence-corrected chi connectivity index (χ0v) is 10.6. The molecule has 1 aliphatic carbocycles. The Balaban J connectivity index is 2.07. The number of ether oxygens (including phenoxy) is 1. The van der Waals surface area contributed by atoms with Crippen LogP contribution in [0.4, 0.5) is 0 Å². The highest BCUT2D eigenvalue weighted by atomic mass is 16.5. The lowest BCUT2D eigenvalue weighted by Gasteiger charge is -2.27. The van der Waals surface area contributed by atoms with Gasteiger partial charge in [0.25, 0.3) is 0 Å². The van der Waals surface area contributed by atoms with Gasteiger partial charge in [0.2, 0.25) is 0 Å². The summed E-state index contributed by atoms with van der Waals surface area (Å²) < 4.78 is 5.66. The molecule has 0 bridgehead atoms. The Morgan fingerprint density at radius 3 is 2.47 bits per heavy atom. The van der Waals surface area contributed by atoms with Crippen molar-refractivity contribution in [1.29, 1.82) is 0 Å². The van der Waals surface area contributed by atoms with Crippen LogP contribution in [0.5, 0.6) is 0 Å². The molecule has 90 valence electrons. The fraction of sp³-hybridized carbons (Fsp3) is 1.00. The topological polar surface area (TPSA) is 35.2 Å². The molecule has 1 aliphatic rings. The lowest BCUT2D eigenvalue weighted by Crippen LogP contribution is -2.30. The van der Waals surface area contributed by atoms with Gasteiger partial charge in [-0.15, -0.1) is 0 Å². The Kier molecular flexibility index (Phi) is 5.07. The number of nitrogens with two attached hydrogens (primary N) is 1. The van der Waals surface area contributed by atoms with E-state index < -0.39 is 0 Å². The minimum Gasteiger partial charge on any atom is -0.381 e. The minimum atomic E-state index is 0.345. The zero-order valence-electron chi connectivity index (χ0n) is 10.6. The van der Waals surface area contributed by atoms with Crippen molar-refractivity contribution < 1.29 is 4.74 Å². The zero-order chi connectivity index (χ0) is 11.3. The maximum Gasteiger partial charge on any atom is 0.0471 e. The van der Waals surface area contributed by atoms with E-state index in [9.17, 15) is 0 Å². The van der Waals surface area contributed by atoms with E-state index in [1.807, 2.05) is 0 Å². The van der Waals surface area contributed by atoms with Crippen LogP contribution in [-0.2, 0) is 4.74 Å². The molecule has 0 heterocycles. The third-order valence-electron chi connectivity index (χ3n) is 3.69. The Labute approximate surface area is 94.6 Å². The monoisotopic (exact) mass is 213 g/mol. The molecule has 1 atom stereocenters. The molecule has 0 spiro atoms. The maximum atomic E-state index is 5.86. The third kappa shape index (κ3) is 4.52. The van der Waals surface area contributed by atoms with Gasteiger partial charge in [0.1, 0.15) is 0 Å². The average molecular weight is 213 g/mol. The van der Waals surface area contributed by atoms with Gasteiger partial charge in [0, 0.05) is 13.2 Å². The standard InChI is InChI=1S/C13H27NO/c1-11(2)6-8-15-9-7-13(3,10-14)12-4-5-12/h11-12H,4-10,14H2,1-3H3. The van der Waals surface area contributed by atoms with E-state index in [4.69, 9.17) is 10.5 Å². The Bertz CT molecular complexity index is 177. The van der Waals surface area contributed by atoms with Gasteiger partial charge in [-0.1, -0.05) is 20.8 Å². The van der Waals surface area contributed by atoms with Crippen LogP contribution in [0.15, 0.2) is 0 Å². The van der Waals surface area contributed by atoms with E-state index in [0.29, 0.717) is 5.41 Å². The molecule has 0 aliphatic heterocycles. The normalized spacial score (nSPS) is 20.6. The minimum absolute atomic E-state index is 0.345. The lowest BCUT2D eigenvalue weighted by molar-refractivity contribution is 0.0865. The molecule has 2 heteroatoms. The summed E-state index contributed by atoms with van der Waals surface area (Å²) in [5.41, 5.74) is 6.20. The van der Waals surface area contributed by atoms with Crippen molar-refractivity contribution in [2.45, 2.75) is 46.5 Å². The van der Waals surface area contributed by atoms with E-state index in [1.165, 1.54) is 19.3 Å². The van der Waals surface area contributed by atoms with Crippen molar-refractivity contribution in [1.82, 2.24) is 0 Å². The molecular formula is C13H27NO. The Morgan fingerprint density at radius 2 is 2.00 bits per heavy atom. The number of hydrogen-bond donors (Lipinski definition) is 1. The highest BCUT2D eigenvalue weighted by Gasteiger charge is 2.39. The smallest absolute Gasteiger partial charge is 0.0471 e. The van der Waals surface area contributed by atoms with E-state index in [2.05, 4.69) is 20.8 Å². The van der Waals surface area contributed by atoms with E-state index in [0.717, 1.165) is 38.0 Å². The van der Waals surface area contributed by atoms with Crippen molar-refractivity contribution in [2.24, 2.45) is 23.0 Å². The first-order chi connectivity index (χ1) is 7.08. The van der Waals surface area contributed by atoms with Gasteiger partial charge in [-0.05, 0) is 49.5 Å². The molecule has 1 rings (SSSR count). The quantitative estimate of drug-likeness (QED) is 0.629. The Morgan fingerprint density at radius 1 is 1.33 bits per heavy atom. The predicted molar refractivity (Wildman–Crippen MR) is 64.8 cm³/mol. The summed E-state index contributed by atoms with van der Waals surface area (Å²) in [5, 5.41) is 0. The van der Waals surface area contributed by atoms with E-state index in [1.54, 1.807) is 0 Å². The fourth-order valence-corrected chi connectivity index (χ4v) is 1.98. The average Bonchev–Trinajstić information content (AvgIpc) is 3.00. The molecule has 15 heavy (non-hydrogen) atoms. The van der Waals surface area contributed by atoms with Gasteiger partial charge in [0.15, 0.2) is 0 Å². The third-order valence-corrected chi connectivity index (χ3v) is 3.69. The van der Waals surface area contributed by atoms with E-state index in [-0.39, 0.29) is 0 Å². The van der Waals surface area contributed by atoms with Crippen LogP contribution in [-0.4, -0.2) is 19.8 Å². The van der Waals surface area contributed by atoms with E-state index >= 15 is 0 Å². The second-order valence-electron chi connectivity index (χ2n) is 5.68. The second-order valence-corrected chi connectivity index (χ2v) is 5.68. The number of rotatable bonds is 8. The molecule has 1 unspecified atom stereocenters. The van der Waals surface area contributed by atoms with Gasteiger partial charge in [-0.2, -0.15) is 0 Å². The molecule has 0 aromatic rings. The molecule has 1 saturated carbocycles. The molecule has 0 saturated heterocycles. The predicted octanol–water partition coefficient (Wildman–Crippen LogP) is 2.81. The second kappa shape index (κ2) is 5.86. The molecule has 0 aromatic carbocycles. The van der Waals surface area contributed by atoms with Gasteiger partial charge in [-0.25, -0.2) is 0 Å². The first-order valence-corrected chi connectivity index (χ1v) is 6.36. The lowest BCUT2D eigenvalue weighted by atomic mass is 9.82. The molecule has 2 nitrogen and oxygen atoms in total. The van der Waals surface area contributed by atoms with Crippen molar-refractivity contribution >= 4 is 0 Å². The molecule has 0 aromatic heterocycles.